The molecule has 8 heteroatoms. The molecule has 4 unspecified atom stereocenters. The Bertz CT molecular complexity index is 742. The van der Waals surface area contributed by atoms with E-state index >= 15 is 0 Å². The van der Waals surface area contributed by atoms with Crippen molar-refractivity contribution in [3.8, 4) is 0 Å². The predicted octanol–water partition coefficient (Wildman–Crippen LogP) is 1.98. The fraction of sp³-hybridized carbons (Fsp3) is 0.579. The number of nitrogens with zero attached hydrogens (tertiary/aromatic N) is 4. The molecule has 1 N–H and O–H groups in total. The number of imide groups is 1. The third kappa shape index (κ3) is 2.98. The van der Waals surface area contributed by atoms with Crippen LogP contribution < -0.4 is 10.2 Å². The molecule has 0 aromatic heterocycles. The highest BCUT2D eigenvalue weighted by Crippen LogP contribution is 2.34. The van der Waals surface area contributed by atoms with Crippen molar-refractivity contribution in [3.63, 3.8) is 0 Å². The molecule has 0 spiro atoms. The van der Waals surface area contributed by atoms with Crippen LogP contribution in [0.5, 0.6) is 0 Å². The molecule has 1 aromatic rings. The molecule has 3 fully saturated rings. The lowest BCUT2D eigenvalue weighted by atomic mass is 10.0. The maximum Gasteiger partial charge on any atom is 0.327 e. The van der Waals surface area contributed by atoms with Gasteiger partial charge < -0.3 is 9.80 Å². The third-order valence-corrected chi connectivity index (χ3v) is 5.94. The van der Waals surface area contributed by atoms with Gasteiger partial charge in [0.25, 0.3) is 5.91 Å². The first-order chi connectivity index (χ1) is 12.9. The average Bonchev–Trinajstić information content (AvgIpc) is 3.03. The van der Waals surface area contributed by atoms with E-state index in [2.05, 4.69) is 22.0 Å². The zero-order valence-corrected chi connectivity index (χ0v) is 16.7. The molecular weight excluding hydrogens is 366 g/mol. The Morgan fingerprint density at radius 1 is 1.19 bits per heavy atom. The quantitative estimate of drug-likeness (QED) is 0.853. The average molecular weight is 392 g/mol. The van der Waals surface area contributed by atoms with Gasteiger partial charge in [0, 0.05) is 37.4 Å². The Morgan fingerprint density at radius 2 is 1.89 bits per heavy atom. The Hall–Kier alpha value is -1.83. The van der Waals surface area contributed by atoms with Crippen molar-refractivity contribution < 1.29 is 9.59 Å². The molecule has 4 rings (SSSR count). The van der Waals surface area contributed by atoms with E-state index in [9.17, 15) is 9.59 Å². The zero-order valence-electron chi connectivity index (χ0n) is 15.9. The second-order valence-corrected chi connectivity index (χ2v) is 8.18. The normalized spacial score (nSPS) is 31.3. The van der Waals surface area contributed by atoms with Crippen molar-refractivity contribution in [2.75, 3.05) is 31.6 Å². The summed E-state index contributed by atoms with van der Waals surface area (Å²) in [6, 6.07) is 7.19. The second kappa shape index (κ2) is 6.96. The van der Waals surface area contributed by atoms with E-state index < -0.39 is 0 Å². The number of urea groups is 1. The summed E-state index contributed by atoms with van der Waals surface area (Å²) in [5, 5.41) is 4.23. The first-order valence-electron chi connectivity index (χ1n) is 9.54. The number of anilines is 1. The Labute approximate surface area is 164 Å². The molecule has 3 heterocycles. The topological polar surface area (TPSA) is 59.1 Å². The Morgan fingerprint density at radius 3 is 2.56 bits per heavy atom. The summed E-state index contributed by atoms with van der Waals surface area (Å²) in [6.07, 6.45) is 0.314. The molecular formula is C19H26ClN5O2. The maximum absolute atomic E-state index is 13.2. The maximum atomic E-state index is 13.2. The van der Waals surface area contributed by atoms with Crippen LogP contribution in [0.4, 0.5) is 10.5 Å². The highest BCUT2D eigenvalue weighted by Gasteiger charge is 2.56. The number of hydrogen-bond acceptors (Lipinski definition) is 5. The predicted molar refractivity (Wildman–Crippen MR) is 104 cm³/mol. The van der Waals surface area contributed by atoms with Gasteiger partial charge in [-0.25, -0.2) is 4.79 Å². The largest absolute Gasteiger partial charge is 0.343 e. The first-order valence-corrected chi connectivity index (χ1v) is 9.92. The molecule has 27 heavy (non-hydrogen) atoms. The summed E-state index contributed by atoms with van der Waals surface area (Å²) in [5.41, 5.74) is 1.05. The van der Waals surface area contributed by atoms with Crippen LogP contribution in [0.25, 0.3) is 0 Å². The van der Waals surface area contributed by atoms with Crippen molar-refractivity contribution in [3.05, 3.63) is 29.3 Å². The van der Waals surface area contributed by atoms with Crippen LogP contribution in [0.3, 0.4) is 0 Å². The van der Waals surface area contributed by atoms with Crippen LogP contribution >= 0.6 is 11.6 Å². The summed E-state index contributed by atoms with van der Waals surface area (Å²) in [5.74, 6) is 0.304. The molecule has 0 aliphatic carbocycles. The molecule has 146 valence electrons. The number of nitrogens with one attached hydrogen (secondary N) is 1. The number of likely N-dealkylation sites (N-methyl/N-ethyl adjacent to an activating group) is 1. The monoisotopic (exact) mass is 391 g/mol. The van der Waals surface area contributed by atoms with E-state index in [0.717, 1.165) is 25.2 Å². The number of benzene rings is 1. The summed E-state index contributed by atoms with van der Waals surface area (Å²) in [7, 11) is 1.77. The highest BCUT2D eigenvalue weighted by atomic mass is 35.5. The smallest absolute Gasteiger partial charge is 0.327 e. The van der Waals surface area contributed by atoms with Gasteiger partial charge in [0.15, 0.2) is 0 Å². The summed E-state index contributed by atoms with van der Waals surface area (Å²) in [6.45, 7) is 6.32. The van der Waals surface area contributed by atoms with Crippen molar-refractivity contribution in [1.29, 1.82) is 0 Å². The van der Waals surface area contributed by atoms with E-state index in [1.165, 1.54) is 4.90 Å². The number of fused-ring (bicyclic) bond motifs is 3. The Balaban J connectivity index is 1.68. The number of carbonyl (C=O) groups is 2. The molecule has 3 aliphatic rings. The van der Waals surface area contributed by atoms with Gasteiger partial charge in [-0.05, 0) is 36.6 Å². The minimum absolute atomic E-state index is 0.0925. The van der Waals surface area contributed by atoms with Gasteiger partial charge in [0.2, 0.25) is 0 Å². The number of halogens is 1. The first kappa shape index (κ1) is 18.5. The fourth-order valence-electron chi connectivity index (χ4n) is 4.48. The highest BCUT2D eigenvalue weighted by molar-refractivity contribution is 6.30. The number of rotatable bonds is 3. The molecule has 7 nitrogen and oxygen atoms in total. The van der Waals surface area contributed by atoms with Gasteiger partial charge in [0.1, 0.15) is 18.5 Å². The van der Waals surface area contributed by atoms with E-state index in [-0.39, 0.29) is 30.4 Å². The summed E-state index contributed by atoms with van der Waals surface area (Å²) in [4.78, 5) is 33.4. The lowest BCUT2D eigenvalue weighted by molar-refractivity contribution is -0.138. The minimum Gasteiger partial charge on any atom is -0.343 e. The number of hydrogen-bond donors (Lipinski definition) is 1. The molecule has 4 atom stereocenters. The SMILES string of the molecule is CCCN1C(=O)C2C(NC3N(c4ccc(Cl)cc4)CC(C)CN23)N(C)C1=O. The number of amides is 3. The van der Waals surface area contributed by atoms with Gasteiger partial charge in [-0.3, -0.25) is 19.9 Å². The minimum atomic E-state index is -0.359. The van der Waals surface area contributed by atoms with Crippen LogP contribution in [0.1, 0.15) is 20.3 Å². The van der Waals surface area contributed by atoms with E-state index in [0.29, 0.717) is 17.5 Å². The van der Waals surface area contributed by atoms with E-state index in [4.69, 9.17) is 11.6 Å². The summed E-state index contributed by atoms with van der Waals surface area (Å²) >= 11 is 6.05. The molecule has 1 aromatic carbocycles. The van der Waals surface area contributed by atoms with Gasteiger partial charge in [-0.1, -0.05) is 25.4 Å². The van der Waals surface area contributed by atoms with Crippen LogP contribution in [-0.2, 0) is 4.79 Å². The molecule has 0 bridgehead atoms. The van der Waals surface area contributed by atoms with E-state index in [1.54, 1.807) is 11.9 Å². The van der Waals surface area contributed by atoms with Gasteiger partial charge in [-0.2, -0.15) is 0 Å². The van der Waals surface area contributed by atoms with Crippen molar-refractivity contribution >= 4 is 29.2 Å². The van der Waals surface area contributed by atoms with Crippen molar-refractivity contribution in [1.82, 2.24) is 20.0 Å². The standard InChI is InChI=1S/C19H26ClN5O2/c1-4-9-23-17(26)15-16(22(3)19(23)27)21-18-24(10-12(2)11-25(15)18)14-7-5-13(20)6-8-14/h5-8,12,15-16,18,21H,4,9-11H2,1-3H3. The van der Waals surface area contributed by atoms with Crippen LogP contribution in [-0.4, -0.2) is 71.8 Å². The molecule has 0 saturated carbocycles. The third-order valence-electron chi connectivity index (χ3n) is 5.69. The second-order valence-electron chi connectivity index (χ2n) is 7.74. The zero-order chi connectivity index (χ0) is 19.3. The summed E-state index contributed by atoms with van der Waals surface area (Å²) < 4.78 is 0. The molecule has 0 radical (unpaired) electrons. The molecule has 3 saturated heterocycles. The lowest BCUT2D eigenvalue weighted by Gasteiger charge is -2.46. The Kier molecular flexibility index (Phi) is 4.78. The van der Waals surface area contributed by atoms with Crippen LogP contribution in [0.2, 0.25) is 5.02 Å². The fourth-order valence-corrected chi connectivity index (χ4v) is 4.61. The van der Waals surface area contributed by atoms with Gasteiger partial charge >= 0.3 is 6.03 Å². The van der Waals surface area contributed by atoms with Crippen molar-refractivity contribution in [2.24, 2.45) is 5.92 Å². The molecule has 3 amide bonds. The van der Waals surface area contributed by atoms with Crippen LogP contribution in [0.15, 0.2) is 24.3 Å². The van der Waals surface area contributed by atoms with Gasteiger partial charge in [0.05, 0.1) is 0 Å². The van der Waals surface area contributed by atoms with Gasteiger partial charge in [-0.15, -0.1) is 0 Å². The van der Waals surface area contributed by atoms with Crippen molar-refractivity contribution in [2.45, 2.75) is 38.8 Å². The number of carbonyl (C=O) groups excluding carboxylic acids is 2. The van der Waals surface area contributed by atoms with E-state index in [1.807, 2.05) is 31.2 Å². The molecule has 3 aliphatic heterocycles. The van der Waals surface area contributed by atoms with Crippen LogP contribution in [0, 0.1) is 5.92 Å². The lowest BCUT2D eigenvalue weighted by Crippen LogP contribution is -2.66.